The van der Waals surface area contributed by atoms with Crippen molar-refractivity contribution in [1.29, 1.82) is 0 Å². The number of likely N-dealkylation sites (tertiary alicyclic amines) is 1. The summed E-state index contributed by atoms with van der Waals surface area (Å²) in [6.45, 7) is 0.744. The molecule has 0 spiro atoms. The summed E-state index contributed by atoms with van der Waals surface area (Å²) in [5.74, 6) is -0.926. The van der Waals surface area contributed by atoms with Gasteiger partial charge in [-0.2, -0.15) is 0 Å². The Hall–Kier alpha value is -3.39. The summed E-state index contributed by atoms with van der Waals surface area (Å²) in [5.41, 5.74) is 5.70. The summed E-state index contributed by atoms with van der Waals surface area (Å²) in [6.07, 6.45) is 2.36. The lowest BCUT2D eigenvalue weighted by Gasteiger charge is -2.38. The molecule has 1 fully saturated rings. The molecule has 4 rings (SSSR count). The zero-order valence-electron chi connectivity index (χ0n) is 15.1. The number of primary amides is 1. The van der Waals surface area contributed by atoms with Gasteiger partial charge in [0.2, 0.25) is 11.5 Å². The summed E-state index contributed by atoms with van der Waals surface area (Å²) in [7, 11) is 0. The van der Waals surface area contributed by atoms with E-state index in [1.165, 1.54) is 6.20 Å². The Morgan fingerprint density at radius 2 is 1.86 bits per heavy atom. The monoisotopic (exact) mass is 380 g/mol. The molecule has 0 atom stereocenters. The number of urea groups is 1. The molecule has 0 aliphatic carbocycles. The van der Waals surface area contributed by atoms with Crippen molar-refractivity contribution in [2.24, 2.45) is 5.73 Å². The van der Waals surface area contributed by atoms with Gasteiger partial charge in [-0.05, 0) is 30.5 Å². The molecule has 0 radical (unpaired) electrons. The van der Waals surface area contributed by atoms with Crippen LogP contribution in [0.2, 0.25) is 0 Å². The lowest BCUT2D eigenvalue weighted by atomic mass is 9.84. The number of piperidine rings is 1. The number of anilines is 1. The van der Waals surface area contributed by atoms with E-state index in [4.69, 9.17) is 10.2 Å². The van der Waals surface area contributed by atoms with Gasteiger partial charge in [-0.25, -0.2) is 9.78 Å². The number of nitrogens with zero attached hydrogens (tertiary/aromatic N) is 2. The van der Waals surface area contributed by atoms with Crippen LogP contribution < -0.4 is 11.1 Å². The fourth-order valence-corrected chi connectivity index (χ4v) is 3.53. The number of carbonyl (C=O) groups excluding carboxylic acids is 2. The summed E-state index contributed by atoms with van der Waals surface area (Å²) in [5, 5.41) is 14.1. The van der Waals surface area contributed by atoms with Gasteiger partial charge in [0.25, 0.3) is 5.91 Å². The molecule has 4 N–H and O–H groups in total. The van der Waals surface area contributed by atoms with Crippen molar-refractivity contribution in [3.05, 3.63) is 60.0 Å². The van der Waals surface area contributed by atoms with Crippen LogP contribution in [0.4, 0.5) is 10.5 Å². The zero-order valence-corrected chi connectivity index (χ0v) is 15.1. The van der Waals surface area contributed by atoms with Gasteiger partial charge >= 0.3 is 6.03 Å². The number of nitrogens with one attached hydrogen (secondary N) is 1. The highest BCUT2D eigenvalue weighted by molar-refractivity contribution is 6.09. The highest BCUT2D eigenvalue weighted by Crippen LogP contribution is 2.34. The molecule has 8 nitrogen and oxygen atoms in total. The first-order chi connectivity index (χ1) is 13.5. The Balaban J connectivity index is 1.51. The predicted molar refractivity (Wildman–Crippen MR) is 103 cm³/mol. The van der Waals surface area contributed by atoms with Crippen molar-refractivity contribution in [2.45, 2.75) is 18.4 Å². The molecule has 1 aliphatic heterocycles. The Labute approximate surface area is 160 Å². The van der Waals surface area contributed by atoms with Crippen LogP contribution in [-0.2, 0) is 5.60 Å². The third kappa shape index (κ3) is 3.18. The number of pyridine rings is 1. The molecule has 1 aromatic carbocycles. The minimum Gasteiger partial charge on any atom is -0.430 e. The molecule has 3 heterocycles. The van der Waals surface area contributed by atoms with E-state index in [-0.39, 0.29) is 23.2 Å². The van der Waals surface area contributed by atoms with Crippen molar-refractivity contribution in [3.63, 3.8) is 0 Å². The number of amides is 3. The van der Waals surface area contributed by atoms with Crippen molar-refractivity contribution in [2.75, 3.05) is 18.4 Å². The number of hydrogen-bond acceptors (Lipinski definition) is 5. The maximum atomic E-state index is 12.8. The molecule has 3 aromatic rings. The number of fused-ring (bicyclic) bond motifs is 1. The largest absolute Gasteiger partial charge is 0.430 e. The maximum absolute atomic E-state index is 12.8. The van der Waals surface area contributed by atoms with E-state index in [9.17, 15) is 14.7 Å². The number of rotatable bonds is 3. The topological polar surface area (TPSA) is 122 Å². The predicted octanol–water partition coefficient (Wildman–Crippen LogP) is 2.44. The number of furan rings is 1. The third-order valence-electron chi connectivity index (χ3n) is 5.11. The van der Waals surface area contributed by atoms with Gasteiger partial charge in [-0.1, -0.05) is 30.3 Å². The lowest BCUT2D eigenvalue weighted by molar-refractivity contribution is -0.0156. The third-order valence-corrected chi connectivity index (χ3v) is 5.11. The van der Waals surface area contributed by atoms with E-state index in [2.05, 4.69) is 10.3 Å². The average molecular weight is 380 g/mol. The van der Waals surface area contributed by atoms with Crippen molar-refractivity contribution >= 4 is 28.7 Å². The second-order valence-electron chi connectivity index (χ2n) is 6.84. The number of carbonyl (C=O) groups is 2. The minimum atomic E-state index is -0.956. The van der Waals surface area contributed by atoms with Crippen LogP contribution in [0.25, 0.3) is 11.1 Å². The summed E-state index contributed by atoms with van der Waals surface area (Å²) >= 11 is 0. The van der Waals surface area contributed by atoms with Crippen molar-refractivity contribution < 1.29 is 19.1 Å². The van der Waals surface area contributed by atoms with Gasteiger partial charge in [-0.15, -0.1) is 0 Å². The molecule has 0 bridgehead atoms. The normalized spacial score (nSPS) is 16.1. The van der Waals surface area contributed by atoms with Gasteiger partial charge < -0.3 is 25.5 Å². The Bertz CT molecular complexity index is 1020. The fourth-order valence-electron chi connectivity index (χ4n) is 3.53. The first kappa shape index (κ1) is 18.0. The summed E-state index contributed by atoms with van der Waals surface area (Å²) in [4.78, 5) is 30.1. The molecule has 144 valence electrons. The van der Waals surface area contributed by atoms with Crippen LogP contribution in [0, 0.1) is 0 Å². The SMILES string of the molecule is NC(=O)c1oc2ncccc2c1NC(=O)N1CCC(O)(c2ccccc2)CC1. The molecular formula is C20H20N4O4. The zero-order chi connectivity index (χ0) is 19.7. The molecule has 1 saturated heterocycles. The molecule has 2 aromatic heterocycles. The van der Waals surface area contributed by atoms with E-state index in [0.717, 1.165) is 5.56 Å². The molecule has 28 heavy (non-hydrogen) atoms. The molecule has 0 saturated carbocycles. The average Bonchev–Trinajstić information content (AvgIpc) is 3.08. The van der Waals surface area contributed by atoms with Crippen molar-refractivity contribution in [1.82, 2.24) is 9.88 Å². The van der Waals surface area contributed by atoms with Crippen molar-refractivity contribution in [3.8, 4) is 0 Å². The molecule has 8 heteroatoms. The maximum Gasteiger partial charge on any atom is 0.321 e. The summed E-state index contributed by atoms with van der Waals surface area (Å²) < 4.78 is 5.38. The number of nitrogens with two attached hydrogens (primary N) is 1. The molecule has 1 aliphatic rings. The van der Waals surface area contributed by atoms with E-state index < -0.39 is 11.5 Å². The second-order valence-corrected chi connectivity index (χ2v) is 6.84. The van der Waals surface area contributed by atoms with Gasteiger partial charge in [0.15, 0.2) is 0 Å². The Morgan fingerprint density at radius 3 is 2.54 bits per heavy atom. The van der Waals surface area contributed by atoms with E-state index in [0.29, 0.717) is 31.3 Å². The Kier molecular flexibility index (Phi) is 4.48. The van der Waals surface area contributed by atoms with E-state index in [1.807, 2.05) is 30.3 Å². The lowest BCUT2D eigenvalue weighted by Crippen LogP contribution is -2.46. The number of benzene rings is 1. The number of aliphatic hydroxyl groups is 1. The standard InChI is InChI=1S/C20H20N4O4/c21-17(25)16-15(14-7-4-10-22-18(14)28-16)23-19(26)24-11-8-20(27,9-12-24)13-5-2-1-3-6-13/h1-7,10,27H,8-9,11-12H2,(H2,21,25)(H,23,26). The summed E-state index contributed by atoms with van der Waals surface area (Å²) in [6, 6.07) is 12.4. The van der Waals surface area contributed by atoms with Crippen LogP contribution in [0.3, 0.4) is 0 Å². The van der Waals surface area contributed by atoms with Crippen LogP contribution in [0.5, 0.6) is 0 Å². The fraction of sp³-hybridized carbons (Fsp3) is 0.250. The van der Waals surface area contributed by atoms with Gasteiger partial charge in [0.05, 0.1) is 11.0 Å². The Morgan fingerprint density at radius 1 is 1.14 bits per heavy atom. The number of hydrogen-bond donors (Lipinski definition) is 3. The minimum absolute atomic E-state index is 0.139. The highest BCUT2D eigenvalue weighted by Gasteiger charge is 2.35. The molecular weight excluding hydrogens is 360 g/mol. The van der Waals surface area contributed by atoms with Crippen LogP contribution >= 0.6 is 0 Å². The van der Waals surface area contributed by atoms with E-state index in [1.54, 1.807) is 17.0 Å². The van der Waals surface area contributed by atoms with E-state index >= 15 is 0 Å². The van der Waals surface area contributed by atoms with Crippen LogP contribution in [-0.4, -0.2) is 40.0 Å². The van der Waals surface area contributed by atoms with Gasteiger partial charge in [-0.3, -0.25) is 4.79 Å². The quantitative estimate of drug-likeness (QED) is 0.644. The molecule has 3 amide bonds. The van der Waals surface area contributed by atoms with Gasteiger partial charge in [0, 0.05) is 19.3 Å². The second kappa shape index (κ2) is 6.97. The van der Waals surface area contributed by atoms with Gasteiger partial charge in [0.1, 0.15) is 5.69 Å². The van der Waals surface area contributed by atoms with Crippen LogP contribution in [0.15, 0.2) is 53.1 Å². The van der Waals surface area contributed by atoms with Crippen LogP contribution in [0.1, 0.15) is 29.0 Å². The molecule has 0 unspecified atom stereocenters. The highest BCUT2D eigenvalue weighted by atomic mass is 16.4. The number of aromatic nitrogens is 1. The first-order valence-electron chi connectivity index (χ1n) is 8.99. The first-order valence-corrected chi connectivity index (χ1v) is 8.99. The smallest absolute Gasteiger partial charge is 0.321 e.